The van der Waals surface area contributed by atoms with E-state index < -0.39 is 0 Å². The number of rotatable bonds is 5. The second kappa shape index (κ2) is 6.92. The fourth-order valence-electron chi connectivity index (χ4n) is 1.85. The van der Waals surface area contributed by atoms with Crippen molar-refractivity contribution >= 4 is 34.8 Å². The van der Waals surface area contributed by atoms with Crippen molar-refractivity contribution in [2.75, 3.05) is 43.0 Å². The van der Waals surface area contributed by atoms with E-state index in [1.807, 2.05) is 23.9 Å². The van der Waals surface area contributed by atoms with Crippen LogP contribution in [0.25, 0.3) is 0 Å². The third kappa shape index (κ3) is 4.12. The Hall–Kier alpha value is -0.850. The van der Waals surface area contributed by atoms with Gasteiger partial charge < -0.3 is 11.1 Å². The number of pyridine rings is 1. The molecule has 0 radical (unpaired) electrons. The van der Waals surface area contributed by atoms with Gasteiger partial charge in [-0.05, 0) is 12.1 Å². The molecule has 2 rings (SSSR count). The predicted molar refractivity (Wildman–Crippen MR) is 82.4 cm³/mol. The Balaban J connectivity index is 1.78. The summed E-state index contributed by atoms with van der Waals surface area (Å²) < 4.78 is 0. The van der Waals surface area contributed by atoms with Crippen molar-refractivity contribution in [2.24, 2.45) is 5.73 Å². The van der Waals surface area contributed by atoms with Gasteiger partial charge in [-0.1, -0.05) is 12.2 Å². The fourth-order valence-corrected chi connectivity index (χ4v) is 2.95. The van der Waals surface area contributed by atoms with Crippen LogP contribution in [-0.2, 0) is 0 Å². The zero-order chi connectivity index (χ0) is 12.8. The second-order valence-corrected chi connectivity index (χ2v) is 5.84. The number of anilines is 1. The zero-order valence-corrected chi connectivity index (χ0v) is 11.9. The molecule has 1 aromatic rings. The van der Waals surface area contributed by atoms with E-state index in [4.69, 9.17) is 18.0 Å². The van der Waals surface area contributed by atoms with Crippen LogP contribution in [0.2, 0.25) is 0 Å². The zero-order valence-electron chi connectivity index (χ0n) is 10.3. The van der Waals surface area contributed by atoms with Gasteiger partial charge in [0.1, 0.15) is 10.8 Å². The lowest BCUT2D eigenvalue weighted by atomic mass is 10.2. The van der Waals surface area contributed by atoms with Crippen molar-refractivity contribution in [2.45, 2.75) is 0 Å². The highest BCUT2D eigenvalue weighted by molar-refractivity contribution is 7.99. The first-order valence-electron chi connectivity index (χ1n) is 6.05. The number of thiocarbonyl (C=S) groups is 1. The van der Waals surface area contributed by atoms with Crippen LogP contribution in [0.4, 0.5) is 5.82 Å². The van der Waals surface area contributed by atoms with Crippen LogP contribution in [0.1, 0.15) is 5.56 Å². The van der Waals surface area contributed by atoms with Crippen LogP contribution >= 0.6 is 24.0 Å². The molecule has 1 aliphatic heterocycles. The molecule has 0 unspecified atom stereocenters. The minimum absolute atomic E-state index is 0.411. The van der Waals surface area contributed by atoms with E-state index in [0.717, 1.165) is 24.5 Å². The van der Waals surface area contributed by atoms with Gasteiger partial charge in [0, 0.05) is 49.4 Å². The first-order valence-corrected chi connectivity index (χ1v) is 7.62. The Kier molecular flexibility index (Phi) is 5.22. The quantitative estimate of drug-likeness (QED) is 0.791. The molecule has 0 amide bonds. The van der Waals surface area contributed by atoms with E-state index in [2.05, 4.69) is 15.2 Å². The van der Waals surface area contributed by atoms with Crippen molar-refractivity contribution in [1.29, 1.82) is 0 Å². The predicted octanol–water partition coefficient (Wildman–Crippen LogP) is 1.18. The van der Waals surface area contributed by atoms with Crippen LogP contribution in [-0.4, -0.2) is 52.6 Å². The van der Waals surface area contributed by atoms with Gasteiger partial charge in [0.25, 0.3) is 0 Å². The molecule has 1 aliphatic rings. The standard InChI is InChI=1S/C12H18N4S2/c13-12(17)10-1-2-14-11(9-10)15-3-4-16-5-7-18-8-6-16/h1-2,9H,3-8H2,(H2,13,17)(H,14,15). The number of hydrogen-bond acceptors (Lipinski definition) is 5. The van der Waals surface area contributed by atoms with Gasteiger partial charge in [-0.3, -0.25) is 4.90 Å². The highest BCUT2D eigenvalue weighted by Gasteiger charge is 2.09. The molecule has 1 aromatic heterocycles. The molecule has 4 nitrogen and oxygen atoms in total. The van der Waals surface area contributed by atoms with E-state index in [1.165, 1.54) is 24.6 Å². The molecule has 6 heteroatoms. The largest absolute Gasteiger partial charge is 0.389 e. The molecule has 0 saturated carbocycles. The number of nitrogens with zero attached hydrogens (tertiary/aromatic N) is 2. The topological polar surface area (TPSA) is 54.2 Å². The van der Waals surface area contributed by atoms with Crippen LogP contribution in [0.5, 0.6) is 0 Å². The molecule has 98 valence electrons. The summed E-state index contributed by atoms with van der Waals surface area (Å²) in [6.07, 6.45) is 1.73. The molecule has 3 N–H and O–H groups in total. The fraction of sp³-hybridized carbons (Fsp3) is 0.500. The maximum Gasteiger partial charge on any atom is 0.126 e. The lowest BCUT2D eigenvalue weighted by Gasteiger charge is -2.26. The summed E-state index contributed by atoms with van der Waals surface area (Å²) in [5.41, 5.74) is 6.45. The summed E-state index contributed by atoms with van der Waals surface area (Å²) in [6, 6.07) is 3.73. The summed E-state index contributed by atoms with van der Waals surface area (Å²) in [5.74, 6) is 3.33. The molecule has 1 saturated heterocycles. The lowest BCUT2D eigenvalue weighted by molar-refractivity contribution is 0.314. The summed E-state index contributed by atoms with van der Waals surface area (Å²) in [4.78, 5) is 7.14. The minimum atomic E-state index is 0.411. The summed E-state index contributed by atoms with van der Waals surface area (Å²) >= 11 is 6.98. The van der Waals surface area contributed by atoms with Gasteiger partial charge in [-0.2, -0.15) is 11.8 Å². The molecule has 0 aliphatic carbocycles. The molecule has 0 atom stereocenters. The van der Waals surface area contributed by atoms with Gasteiger partial charge in [-0.25, -0.2) is 4.98 Å². The monoisotopic (exact) mass is 282 g/mol. The smallest absolute Gasteiger partial charge is 0.126 e. The SMILES string of the molecule is NC(=S)c1ccnc(NCCN2CCSCC2)c1. The minimum Gasteiger partial charge on any atom is -0.389 e. The van der Waals surface area contributed by atoms with Gasteiger partial charge in [0.15, 0.2) is 0 Å². The Morgan fingerprint density at radius 2 is 2.28 bits per heavy atom. The van der Waals surface area contributed by atoms with E-state index in [-0.39, 0.29) is 0 Å². The van der Waals surface area contributed by atoms with E-state index in [9.17, 15) is 0 Å². The van der Waals surface area contributed by atoms with Crippen molar-refractivity contribution in [1.82, 2.24) is 9.88 Å². The molecule has 0 aromatic carbocycles. The normalized spacial score (nSPS) is 16.4. The Labute approximate surface area is 117 Å². The van der Waals surface area contributed by atoms with Crippen LogP contribution in [0.15, 0.2) is 18.3 Å². The van der Waals surface area contributed by atoms with Gasteiger partial charge in [0.2, 0.25) is 0 Å². The van der Waals surface area contributed by atoms with Crippen molar-refractivity contribution in [3.05, 3.63) is 23.9 Å². The maximum absolute atomic E-state index is 5.59. The maximum atomic E-state index is 5.59. The van der Waals surface area contributed by atoms with Crippen molar-refractivity contribution in [3.63, 3.8) is 0 Å². The summed E-state index contributed by atoms with van der Waals surface area (Å²) in [6.45, 7) is 4.33. The van der Waals surface area contributed by atoms with Gasteiger partial charge in [-0.15, -0.1) is 0 Å². The number of aromatic nitrogens is 1. The van der Waals surface area contributed by atoms with Gasteiger partial charge in [0.05, 0.1) is 0 Å². The lowest BCUT2D eigenvalue weighted by Crippen LogP contribution is -2.36. The Morgan fingerprint density at radius 1 is 1.50 bits per heavy atom. The Bertz CT molecular complexity index is 405. The van der Waals surface area contributed by atoms with Crippen molar-refractivity contribution < 1.29 is 0 Å². The van der Waals surface area contributed by atoms with Crippen molar-refractivity contribution in [3.8, 4) is 0 Å². The van der Waals surface area contributed by atoms with Crippen LogP contribution < -0.4 is 11.1 Å². The molecule has 0 spiro atoms. The molecule has 2 heterocycles. The second-order valence-electron chi connectivity index (χ2n) is 4.17. The molecular weight excluding hydrogens is 264 g/mol. The van der Waals surface area contributed by atoms with Gasteiger partial charge >= 0.3 is 0 Å². The number of nitrogens with two attached hydrogens (primary N) is 1. The average Bonchev–Trinajstić information content (AvgIpc) is 2.40. The number of thioether (sulfide) groups is 1. The molecule has 1 fully saturated rings. The highest BCUT2D eigenvalue weighted by atomic mass is 32.2. The van der Waals surface area contributed by atoms with E-state index in [0.29, 0.717) is 4.99 Å². The summed E-state index contributed by atoms with van der Waals surface area (Å²) in [7, 11) is 0. The third-order valence-corrected chi connectivity index (χ3v) is 4.06. The molecular formula is C12H18N4S2. The molecule has 0 bridgehead atoms. The summed E-state index contributed by atoms with van der Waals surface area (Å²) in [5, 5.41) is 3.31. The van der Waals surface area contributed by atoms with Crippen LogP contribution in [0.3, 0.4) is 0 Å². The first kappa shape index (κ1) is 13.6. The van der Waals surface area contributed by atoms with Crippen LogP contribution in [0, 0.1) is 0 Å². The average molecular weight is 282 g/mol. The van der Waals surface area contributed by atoms with E-state index >= 15 is 0 Å². The highest BCUT2D eigenvalue weighted by Crippen LogP contribution is 2.09. The number of nitrogens with one attached hydrogen (secondary N) is 1. The Morgan fingerprint density at radius 3 is 3.00 bits per heavy atom. The third-order valence-electron chi connectivity index (χ3n) is 2.88. The molecule has 18 heavy (non-hydrogen) atoms. The van der Waals surface area contributed by atoms with E-state index in [1.54, 1.807) is 6.20 Å². The number of hydrogen-bond donors (Lipinski definition) is 2. The first-order chi connectivity index (χ1) is 8.75.